The number of hydrogen-bond donors (Lipinski definition) is 0. The zero-order valence-corrected chi connectivity index (χ0v) is 14.3. The third-order valence-electron chi connectivity index (χ3n) is 4.07. The Bertz CT molecular complexity index is 612. The van der Waals surface area contributed by atoms with E-state index in [1.165, 1.54) is 16.7 Å². The highest BCUT2D eigenvalue weighted by molar-refractivity contribution is 5.46. The summed E-state index contributed by atoms with van der Waals surface area (Å²) < 4.78 is 11.1. The van der Waals surface area contributed by atoms with Gasteiger partial charge in [-0.1, -0.05) is 32.0 Å². The molecule has 2 rings (SSSR count). The lowest BCUT2D eigenvalue weighted by Crippen LogP contribution is -2.20. The molecule has 2 aromatic rings. The normalized spacial score (nSPS) is 11.3. The number of hydrogen-bond acceptors (Lipinski definition) is 2. The third kappa shape index (κ3) is 3.44. The zero-order chi connectivity index (χ0) is 16.2. The third-order valence-corrected chi connectivity index (χ3v) is 4.07. The summed E-state index contributed by atoms with van der Waals surface area (Å²) in [5.41, 5.74) is 3.80. The molecule has 0 bridgehead atoms. The van der Waals surface area contributed by atoms with Gasteiger partial charge in [0.1, 0.15) is 11.5 Å². The molecule has 22 heavy (non-hydrogen) atoms. The first kappa shape index (κ1) is 16.4. The van der Waals surface area contributed by atoms with Gasteiger partial charge in [-0.15, -0.1) is 0 Å². The average Bonchev–Trinajstić information content (AvgIpc) is 2.48. The molecule has 0 aromatic heterocycles. The SMILES string of the molecule is CCOc1ccc(C(C)(C)c2ccc(OCC)cc2C)cc1. The summed E-state index contributed by atoms with van der Waals surface area (Å²) in [5, 5.41) is 0. The van der Waals surface area contributed by atoms with Crippen LogP contribution in [0.4, 0.5) is 0 Å². The van der Waals surface area contributed by atoms with Gasteiger partial charge in [0.05, 0.1) is 13.2 Å². The fraction of sp³-hybridized carbons (Fsp3) is 0.400. The molecule has 0 aliphatic carbocycles. The van der Waals surface area contributed by atoms with Crippen LogP contribution in [-0.2, 0) is 5.41 Å². The van der Waals surface area contributed by atoms with Gasteiger partial charge in [-0.05, 0) is 61.7 Å². The van der Waals surface area contributed by atoms with Gasteiger partial charge in [0, 0.05) is 5.41 Å². The van der Waals surface area contributed by atoms with Gasteiger partial charge < -0.3 is 9.47 Å². The highest BCUT2D eigenvalue weighted by Crippen LogP contribution is 2.35. The Balaban J connectivity index is 2.32. The molecular formula is C20H26O2. The largest absolute Gasteiger partial charge is 0.494 e. The van der Waals surface area contributed by atoms with Crippen LogP contribution in [0.25, 0.3) is 0 Å². The van der Waals surface area contributed by atoms with Gasteiger partial charge in [0.15, 0.2) is 0 Å². The maximum atomic E-state index is 5.59. The predicted molar refractivity (Wildman–Crippen MR) is 92.1 cm³/mol. The molecule has 0 unspecified atom stereocenters. The molecule has 0 aliphatic rings. The minimum Gasteiger partial charge on any atom is -0.494 e. The molecule has 2 aromatic carbocycles. The summed E-state index contributed by atoms with van der Waals surface area (Å²) in [6.45, 7) is 12.1. The lowest BCUT2D eigenvalue weighted by molar-refractivity contribution is 0.339. The van der Waals surface area contributed by atoms with Crippen molar-refractivity contribution in [2.75, 3.05) is 13.2 Å². The van der Waals surface area contributed by atoms with E-state index in [2.05, 4.69) is 51.1 Å². The van der Waals surface area contributed by atoms with Crippen LogP contribution in [0, 0.1) is 6.92 Å². The molecule has 0 N–H and O–H groups in total. The van der Waals surface area contributed by atoms with E-state index in [0.717, 1.165) is 11.5 Å². The minimum atomic E-state index is -0.0560. The molecule has 118 valence electrons. The van der Waals surface area contributed by atoms with Crippen molar-refractivity contribution < 1.29 is 9.47 Å². The molecule has 0 heterocycles. The Morgan fingerprint density at radius 2 is 1.36 bits per heavy atom. The average molecular weight is 298 g/mol. The van der Waals surface area contributed by atoms with Gasteiger partial charge >= 0.3 is 0 Å². The first-order valence-corrected chi connectivity index (χ1v) is 7.96. The molecule has 0 aliphatic heterocycles. The van der Waals surface area contributed by atoms with Crippen molar-refractivity contribution in [2.24, 2.45) is 0 Å². The van der Waals surface area contributed by atoms with Crippen LogP contribution >= 0.6 is 0 Å². The van der Waals surface area contributed by atoms with E-state index in [-0.39, 0.29) is 5.41 Å². The minimum absolute atomic E-state index is 0.0560. The fourth-order valence-corrected chi connectivity index (χ4v) is 2.88. The summed E-state index contributed by atoms with van der Waals surface area (Å²) in [5.74, 6) is 1.86. The second kappa shape index (κ2) is 6.87. The van der Waals surface area contributed by atoms with Crippen molar-refractivity contribution in [3.8, 4) is 11.5 Å². The Morgan fingerprint density at radius 3 is 1.91 bits per heavy atom. The Morgan fingerprint density at radius 1 is 0.818 bits per heavy atom. The molecule has 0 radical (unpaired) electrons. The highest BCUT2D eigenvalue weighted by Gasteiger charge is 2.25. The summed E-state index contributed by atoms with van der Waals surface area (Å²) >= 11 is 0. The molecule has 0 saturated heterocycles. The predicted octanol–water partition coefficient (Wildman–Crippen LogP) is 5.12. The lowest BCUT2D eigenvalue weighted by atomic mass is 9.76. The van der Waals surface area contributed by atoms with Crippen LogP contribution in [0.3, 0.4) is 0 Å². The van der Waals surface area contributed by atoms with E-state index >= 15 is 0 Å². The van der Waals surface area contributed by atoms with Crippen molar-refractivity contribution in [2.45, 2.75) is 40.0 Å². The van der Waals surface area contributed by atoms with Crippen molar-refractivity contribution in [3.05, 3.63) is 59.2 Å². The zero-order valence-electron chi connectivity index (χ0n) is 14.3. The maximum absolute atomic E-state index is 5.59. The van der Waals surface area contributed by atoms with Crippen LogP contribution in [0.1, 0.15) is 44.4 Å². The van der Waals surface area contributed by atoms with E-state index in [0.29, 0.717) is 13.2 Å². The quantitative estimate of drug-likeness (QED) is 0.737. The van der Waals surface area contributed by atoms with E-state index in [1.807, 2.05) is 26.0 Å². The number of rotatable bonds is 6. The highest BCUT2D eigenvalue weighted by atomic mass is 16.5. The lowest BCUT2D eigenvalue weighted by Gasteiger charge is -2.28. The van der Waals surface area contributed by atoms with Crippen LogP contribution in [0.2, 0.25) is 0 Å². The molecule has 0 spiro atoms. The Hall–Kier alpha value is -1.96. The van der Waals surface area contributed by atoms with Gasteiger partial charge in [0.25, 0.3) is 0 Å². The van der Waals surface area contributed by atoms with Crippen LogP contribution in [0.15, 0.2) is 42.5 Å². The molecule has 0 amide bonds. The van der Waals surface area contributed by atoms with Gasteiger partial charge in [-0.25, -0.2) is 0 Å². The van der Waals surface area contributed by atoms with Crippen molar-refractivity contribution in [1.82, 2.24) is 0 Å². The first-order chi connectivity index (χ1) is 10.5. The van der Waals surface area contributed by atoms with Crippen molar-refractivity contribution in [3.63, 3.8) is 0 Å². The van der Waals surface area contributed by atoms with Crippen molar-refractivity contribution in [1.29, 1.82) is 0 Å². The summed E-state index contributed by atoms with van der Waals surface area (Å²) in [4.78, 5) is 0. The van der Waals surface area contributed by atoms with E-state index < -0.39 is 0 Å². The van der Waals surface area contributed by atoms with Gasteiger partial charge in [-0.2, -0.15) is 0 Å². The molecule has 0 fully saturated rings. The summed E-state index contributed by atoms with van der Waals surface area (Å²) in [7, 11) is 0. The van der Waals surface area contributed by atoms with Gasteiger partial charge in [0.2, 0.25) is 0 Å². The topological polar surface area (TPSA) is 18.5 Å². The second-order valence-corrected chi connectivity index (χ2v) is 5.99. The van der Waals surface area contributed by atoms with E-state index in [9.17, 15) is 0 Å². The number of ether oxygens (including phenoxy) is 2. The molecular weight excluding hydrogens is 272 g/mol. The summed E-state index contributed by atoms with van der Waals surface area (Å²) in [6, 6.07) is 14.8. The molecule has 0 atom stereocenters. The summed E-state index contributed by atoms with van der Waals surface area (Å²) in [6.07, 6.45) is 0. The van der Waals surface area contributed by atoms with Crippen LogP contribution in [0.5, 0.6) is 11.5 Å². The van der Waals surface area contributed by atoms with Crippen molar-refractivity contribution >= 4 is 0 Å². The Labute approximate surface area is 134 Å². The molecule has 2 nitrogen and oxygen atoms in total. The standard InChI is InChI=1S/C20H26O2/c1-6-21-17-10-8-16(9-11-17)20(4,5)19-13-12-18(22-7-2)14-15(19)3/h8-14H,6-7H2,1-5H3. The molecule has 0 saturated carbocycles. The van der Waals surface area contributed by atoms with Gasteiger partial charge in [-0.3, -0.25) is 0 Å². The smallest absolute Gasteiger partial charge is 0.119 e. The Kier molecular flexibility index (Phi) is 5.12. The van der Waals surface area contributed by atoms with E-state index in [4.69, 9.17) is 9.47 Å². The van der Waals surface area contributed by atoms with Crippen LogP contribution < -0.4 is 9.47 Å². The number of aryl methyl sites for hydroxylation is 1. The monoisotopic (exact) mass is 298 g/mol. The number of benzene rings is 2. The van der Waals surface area contributed by atoms with Crippen LogP contribution in [-0.4, -0.2) is 13.2 Å². The second-order valence-electron chi connectivity index (χ2n) is 5.99. The molecule has 2 heteroatoms. The van der Waals surface area contributed by atoms with E-state index in [1.54, 1.807) is 0 Å². The fourth-order valence-electron chi connectivity index (χ4n) is 2.88. The first-order valence-electron chi connectivity index (χ1n) is 7.96. The maximum Gasteiger partial charge on any atom is 0.119 e.